The maximum Gasteiger partial charge on any atom is 0.306 e. The van der Waals surface area contributed by atoms with Gasteiger partial charge in [-0.1, -0.05) is 13.3 Å². The molecule has 0 spiro atoms. The van der Waals surface area contributed by atoms with Crippen LogP contribution in [0, 0.1) is 11.8 Å². The van der Waals surface area contributed by atoms with E-state index in [1.165, 1.54) is 0 Å². The van der Waals surface area contributed by atoms with Crippen molar-refractivity contribution >= 4 is 11.9 Å². The molecule has 17 heavy (non-hydrogen) atoms. The van der Waals surface area contributed by atoms with E-state index >= 15 is 0 Å². The third-order valence-corrected chi connectivity index (χ3v) is 3.57. The summed E-state index contributed by atoms with van der Waals surface area (Å²) >= 11 is 0. The molecule has 1 fully saturated rings. The fraction of sp³-hybridized carbons (Fsp3) is 0.833. The molecule has 0 aromatic rings. The van der Waals surface area contributed by atoms with Gasteiger partial charge in [-0.3, -0.25) is 9.59 Å². The summed E-state index contributed by atoms with van der Waals surface area (Å²) in [6, 6.07) is -0.201. The maximum atomic E-state index is 11.8. The van der Waals surface area contributed by atoms with Crippen LogP contribution in [0.1, 0.15) is 39.5 Å². The molecule has 0 saturated heterocycles. The first-order valence-corrected chi connectivity index (χ1v) is 6.20. The second kappa shape index (κ2) is 6.00. The topological polar surface area (TPSA) is 92.4 Å². The van der Waals surface area contributed by atoms with E-state index in [2.05, 4.69) is 5.32 Å². The van der Waals surface area contributed by atoms with Crippen LogP contribution in [-0.4, -0.2) is 29.1 Å². The maximum absolute atomic E-state index is 11.8. The minimum absolute atomic E-state index is 0.0152. The molecule has 4 unspecified atom stereocenters. The highest BCUT2D eigenvalue weighted by Crippen LogP contribution is 2.24. The van der Waals surface area contributed by atoms with Crippen LogP contribution < -0.4 is 11.1 Å². The van der Waals surface area contributed by atoms with Gasteiger partial charge in [-0.25, -0.2) is 0 Å². The van der Waals surface area contributed by atoms with Gasteiger partial charge in [-0.2, -0.15) is 0 Å². The van der Waals surface area contributed by atoms with Gasteiger partial charge in [-0.05, 0) is 26.2 Å². The molecule has 4 atom stereocenters. The van der Waals surface area contributed by atoms with Crippen LogP contribution in [0.2, 0.25) is 0 Å². The Balaban J connectivity index is 2.46. The van der Waals surface area contributed by atoms with Crippen molar-refractivity contribution in [2.45, 2.75) is 51.6 Å². The van der Waals surface area contributed by atoms with Crippen LogP contribution in [0.3, 0.4) is 0 Å². The van der Waals surface area contributed by atoms with E-state index < -0.39 is 5.97 Å². The molecule has 0 aliphatic heterocycles. The first-order valence-electron chi connectivity index (χ1n) is 6.20. The molecule has 98 valence electrons. The number of hydrogen-bond acceptors (Lipinski definition) is 3. The first-order chi connectivity index (χ1) is 7.91. The Labute approximate surface area is 102 Å². The van der Waals surface area contributed by atoms with Crippen molar-refractivity contribution in [3.05, 3.63) is 0 Å². The van der Waals surface area contributed by atoms with Gasteiger partial charge >= 0.3 is 5.97 Å². The van der Waals surface area contributed by atoms with Crippen molar-refractivity contribution < 1.29 is 14.7 Å². The highest BCUT2D eigenvalue weighted by atomic mass is 16.4. The zero-order chi connectivity index (χ0) is 13.0. The van der Waals surface area contributed by atoms with Gasteiger partial charge in [0.25, 0.3) is 0 Å². The summed E-state index contributed by atoms with van der Waals surface area (Å²) in [5.41, 5.74) is 5.66. The number of nitrogens with two attached hydrogens (primary N) is 1. The molecule has 0 radical (unpaired) electrons. The molecule has 1 saturated carbocycles. The lowest BCUT2D eigenvalue weighted by Gasteiger charge is -2.28. The minimum atomic E-state index is -0.760. The fourth-order valence-corrected chi connectivity index (χ4v) is 2.12. The zero-order valence-electron chi connectivity index (χ0n) is 10.5. The van der Waals surface area contributed by atoms with Crippen molar-refractivity contribution in [3.8, 4) is 0 Å². The number of nitrogens with one attached hydrogen (secondary N) is 1. The lowest BCUT2D eigenvalue weighted by atomic mass is 9.85. The molecule has 1 aliphatic carbocycles. The van der Waals surface area contributed by atoms with Gasteiger partial charge in [-0.15, -0.1) is 0 Å². The van der Waals surface area contributed by atoms with Gasteiger partial charge in [0.2, 0.25) is 5.91 Å². The van der Waals surface area contributed by atoms with Crippen molar-refractivity contribution in [1.82, 2.24) is 5.32 Å². The van der Waals surface area contributed by atoms with Gasteiger partial charge in [0.15, 0.2) is 0 Å². The third kappa shape index (κ3) is 4.00. The summed E-state index contributed by atoms with van der Waals surface area (Å²) in [6.45, 7) is 3.59. The summed E-state index contributed by atoms with van der Waals surface area (Å²) in [7, 11) is 0. The molecule has 5 heteroatoms. The largest absolute Gasteiger partial charge is 0.481 e. The molecule has 0 bridgehead atoms. The van der Waals surface area contributed by atoms with Crippen LogP contribution in [-0.2, 0) is 9.59 Å². The van der Waals surface area contributed by atoms with Gasteiger partial charge in [0.1, 0.15) is 0 Å². The van der Waals surface area contributed by atoms with Crippen molar-refractivity contribution in [1.29, 1.82) is 0 Å². The Morgan fingerprint density at radius 1 is 1.35 bits per heavy atom. The van der Waals surface area contributed by atoms with E-state index in [9.17, 15) is 9.59 Å². The Morgan fingerprint density at radius 3 is 2.53 bits per heavy atom. The second-order valence-electron chi connectivity index (χ2n) is 5.06. The lowest BCUT2D eigenvalue weighted by Crippen LogP contribution is -2.45. The summed E-state index contributed by atoms with van der Waals surface area (Å²) in [6.07, 6.45) is 2.97. The van der Waals surface area contributed by atoms with E-state index in [-0.39, 0.29) is 29.8 Å². The quantitative estimate of drug-likeness (QED) is 0.677. The molecule has 5 nitrogen and oxygen atoms in total. The standard InChI is InChI=1S/C12H22N2O3/c1-7(8(2)13)11(15)14-10-5-3-4-9(6-10)12(16)17/h7-10H,3-6,13H2,1-2H3,(H,14,15)(H,16,17). The van der Waals surface area contributed by atoms with Crippen LogP contribution in [0.5, 0.6) is 0 Å². The van der Waals surface area contributed by atoms with Gasteiger partial charge < -0.3 is 16.2 Å². The highest BCUT2D eigenvalue weighted by molar-refractivity contribution is 5.79. The Morgan fingerprint density at radius 2 is 2.00 bits per heavy atom. The first kappa shape index (κ1) is 14.0. The lowest BCUT2D eigenvalue weighted by molar-refractivity contribution is -0.143. The number of carbonyl (C=O) groups excluding carboxylic acids is 1. The predicted molar refractivity (Wildman–Crippen MR) is 64.3 cm³/mol. The SMILES string of the molecule is CC(N)C(C)C(=O)NC1CCCC(C(=O)O)C1. The molecule has 1 aliphatic rings. The Bertz CT molecular complexity index is 291. The summed E-state index contributed by atoms with van der Waals surface area (Å²) in [4.78, 5) is 22.7. The third-order valence-electron chi connectivity index (χ3n) is 3.57. The number of aliphatic carboxylic acids is 1. The highest BCUT2D eigenvalue weighted by Gasteiger charge is 2.29. The molecular formula is C12H22N2O3. The van der Waals surface area contributed by atoms with E-state index in [1.807, 2.05) is 0 Å². The minimum Gasteiger partial charge on any atom is -0.481 e. The van der Waals surface area contributed by atoms with Gasteiger partial charge in [0, 0.05) is 18.0 Å². The molecule has 1 rings (SSSR count). The number of hydrogen-bond donors (Lipinski definition) is 3. The fourth-order valence-electron chi connectivity index (χ4n) is 2.12. The normalized spacial score (nSPS) is 28.2. The molecular weight excluding hydrogens is 220 g/mol. The average molecular weight is 242 g/mol. The Kier molecular flexibility index (Phi) is 4.93. The van der Waals surface area contributed by atoms with Gasteiger partial charge in [0.05, 0.1) is 5.92 Å². The predicted octanol–water partition coefficient (Wildman–Crippen LogP) is 0.729. The number of carbonyl (C=O) groups is 2. The number of rotatable bonds is 4. The molecule has 0 heterocycles. The molecule has 4 N–H and O–H groups in total. The molecule has 1 amide bonds. The monoisotopic (exact) mass is 242 g/mol. The van der Waals surface area contributed by atoms with E-state index in [0.29, 0.717) is 12.8 Å². The molecule has 0 aromatic carbocycles. The van der Waals surface area contributed by atoms with Crippen LogP contribution in [0.4, 0.5) is 0 Å². The van der Waals surface area contributed by atoms with E-state index in [4.69, 9.17) is 10.8 Å². The Hall–Kier alpha value is -1.10. The van der Waals surface area contributed by atoms with Crippen LogP contribution in [0.15, 0.2) is 0 Å². The zero-order valence-corrected chi connectivity index (χ0v) is 10.5. The van der Waals surface area contributed by atoms with Crippen LogP contribution >= 0.6 is 0 Å². The van der Waals surface area contributed by atoms with E-state index in [1.54, 1.807) is 13.8 Å². The smallest absolute Gasteiger partial charge is 0.306 e. The van der Waals surface area contributed by atoms with E-state index in [0.717, 1.165) is 12.8 Å². The summed E-state index contributed by atoms with van der Waals surface area (Å²) < 4.78 is 0. The second-order valence-corrected chi connectivity index (χ2v) is 5.06. The summed E-state index contributed by atoms with van der Waals surface area (Å²) in [5.74, 6) is -1.39. The average Bonchev–Trinajstić information content (AvgIpc) is 2.28. The number of carboxylic acid groups (broad SMARTS) is 1. The van der Waals surface area contributed by atoms with Crippen molar-refractivity contribution in [3.63, 3.8) is 0 Å². The van der Waals surface area contributed by atoms with Crippen LogP contribution in [0.25, 0.3) is 0 Å². The number of amides is 1. The molecule has 0 aromatic heterocycles. The number of carboxylic acids is 1. The summed E-state index contributed by atoms with van der Waals surface area (Å²) in [5, 5.41) is 11.9. The van der Waals surface area contributed by atoms with Crippen molar-refractivity contribution in [2.75, 3.05) is 0 Å². The van der Waals surface area contributed by atoms with Crippen molar-refractivity contribution in [2.24, 2.45) is 17.6 Å².